The number of rotatable bonds is 8. The minimum absolute atomic E-state index is 0.294. The van der Waals surface area contributed by atoms with Gasteiger partial charge in [-0.2, -0.15) is 0 Å². The Morgan fingerprint density at radius 1 is 0.261 bits per heavy atom. The molecule has 2 nitrogen and oxygen atoms in total. The van der Waals surface area contributed by atoms with Gasteiger partial charge in [-0.1, -0.05) is 208 Å². The van der Waals surface area contributed by atoms with Gasteiger partial charge in [-0.25, -0.2) is 0 Å². The van der Waals surface area contributed by atoms with E-state index in [0.717, 1.165) is 34.1 Å². The molecular weight excluding hydrogens is 833 g/mol. The zero-order chi connectivity index (χ0) is 46.1. The average molecular weight is 881 g/mol. The molecule has 0 fully saturated rings. The molecule has 326 valence electrons. The van der Waals surface area contributed by atoms with Crippen molar-refractivity contribution in [2.24, 2.45) is 0 Å². The van der Waals surface area contributed by atoms with Crippen LogP contribution in [0.15, 0.2) is 255 Å². The van der Waals surface area contributed by atoms with Crippen LogP contribution >= 0.6 is 0 Å². The predicted molar refractivity (Wildman–Crippen MR) is 294 cm³/mol. The molecule has 0 atom stereocenters. The molecule has 0 saturated carbocycles. The summed E-state index contributed by atoms with van der Waals surface area (Å²) < 4.78 is 0. The van der Waals surface area contributed by atoms with Crippen molar-refractivity contribution < 1.29 is 0 Å². The van der Waals surface area contributed by atoms with E-state index in [-0.39, 0.29) is 5.41 Å². The molecular formula is C67H48N2. The van der Waals surface area contributed by atoms with Gasteiger partial charge < -0.3 is 9.80 Å². The van der Waals surface area contributed by atoms with Gasteiger partial charge in [0.05, 0.1) is 11.4 Å². The lowest BCUT2D eigenvalue weighted by atomic mass is 9.82. The summed E-state index contributed by atoms with van der Waals surface area (Å²) >= 11 is 0. The molecule has 1 aliphatic carbocycles. The molecule has 2 heteroatoms. The summed E-state index contributed by atoms with van der Waals surface area (Å²) in [6.45, 7) is 4.80. The third kappa shape index (κ3) is 6.79. The maximum atomic E-state index is 2.53. The monoisotopic (exact) mass is 880 g/mol. The highest BCUT2D eigenvalue weighted by Crippen LogP contribution is 2.54. The Kier molecular flexibility index (Phi) is 9.55. The Bertz CT molecular complexity index is 3790. The first-order valence-corrected chi connectivity index (χ1v) is 24.0. The van der Waals surface area contributed by atoms with E-state index < -0.39 is 0 Å². The SMILES string of the molecule is CC1(C)c2cc(N(c3ccccc3)c3ccc(-c4ccc(-c5ccccc5)cc4)cc3)ccc2-c2ccc(N(c3cc4ccccc4c4ccccc34)c3cc4ccccc4c4ccccc34)cc21. The predicted octanol–water partition coefficient (Wildman–Crippen LogP) is 18.9. The second kappa shape index (κ2) is 16.3. The van der Waals surface area contributed by atoms with E-state index in [1.165, 1.54) is 87.6 Å². The fourth-order valence-corrected chi connectivity index (χ4v) is 11.2. The molecule has 0 unspecified atom stereocenters. The first-order chi connectivity index (χ1) is 34.0. The molecule has 1 aliphatic rings. The zero-order valence-corrected chi connectivity index (χ0v) is 38.6. The van der Waals surface area contributed by atoms with Crippen LogP contribution in [0.1, 0.15) is 25.0 Å². The largest absolute Gasteiger partial charge is 0.310 e. The summed E-state index contributed by atoms with van der Waals surface area (Å²) in [4.78, 5) is 4.93. The number of hydrogen-bond donors (Lipinski definition) is 0. The quantitative estimate of drug-likeness (QED) is 0.140. The number of benzene rings is 12. The van der Waals surface area contributed by atoms with E-state index >= 15 is 0 Å². The summed E-state index contributed by atoms with van der Waals surface area (Å²) in [6.07, 6.45) is 0. The minimum Gasteiger partial charge on any atom is -0.310 e. The van der Waals surface area contributed by atoms with E-state index in [1.54, 1.807) is 0 Å². The molecule has 0 N–H and O–H groups in total. The highest BCUT2D eigenvalue weighted by molar-refractivity contribution is 6.18. The Hall–Kier alpha value is -8.72. The van der Waals surface area contributed by atoms with E-state index in [2.05, 4.69) is 278 Å². The lowest BCUT2D eigenvalue weighted by Crippen LogP contribution is -2.18. The van der Waals surface area contributed by atoms with Gasteiger partial charge in [-0.15, -0.1) is 0 Å². The topological polar surface area (TPSA) is 6.48 Å². The number of fused-ring (bicyclic) bond motifs is 9. The summed E-state index contributed by atoms with van der Waals surface area (Å²) in [5.74, 6) is 0. The van der Waals surface area contributed by atoms with Crippen LogP contribution in [0.2, 0.25) is 0 Å². The summed E-state index contributed by atoms with van der Waals surface area (Å²) in [5, 5.41) is 9.89. The number of nitrogens with zero attached hydrogens (tertiary/aromatic N) is 2. The average Bonchev–Trinajstić information content (AvgIpc) is 3.64. The summed E-state index contributed by atoms with van der Waals surface area (Å²) in [6, 6.07) is 93.7. The van der Waals surface area contributed by atoms with Crippen LogP contribution in [-0.4, -0.2) is 0 Å². The molecule has 0 saturated heterocycles. The highest BCUT2D eigenvalue weighted by Gasteiger charge is 2.37. The summed E-state index contributed by atoms with van der Waals surface area (Å²) in [5.41, 5.74) is 16.6. The van der Waals surface area contributed by atoms with Crippen molar-refractivity contribution in [2.75, 3.05) is 9.80 Å². The maximum absolute atomic E-state index is 2.53. The molecule has 69 heavy (non-hydrogen) atoms. The summed E-state index contributed by atoms with van der Waals surface area (Å²) in [7, 11) is 0. The molecule has 0 bridgehead atoms. The standard InChI is InChI=1S/C67H48N2/c1-67(2)63-43-53(68(51-21-7-4-8-22-51)52-35-33-48(34-36-52)47-31-29-46(30-32-47)45-17-5-3-6-18-45)37-39-59(63)60-40-38-54(44-64(60)67)69(65-41-49-19-9-11-23-55(49)57-25-13-15-27-61(57)65)66-42-50-20-10-12-24-56(50)58-26-14-16-28-62(58)66/h3-44H,1-2H3. The van der Waals surface area contributed by atoms with Crippen LogP contribution in [-0.2, 0) is 5.41 Å². The third-order valence-electron chi connectivity index (χ3n) is 14.6. The minimum atomic E-state index is -0.294. The smallest absolute Gasteiger partial charge is 0.0546 e. The molecule has 0 aliphatic heterocycles. The molecule has 0 spiro atoms. The lowest BCUT2D eigenvalue weighted by Gasteiger charge is -2.31. The van der Waals surface area contributed by atoms with Crippen molar-refractivity contribution in [1.29, 1.82) is 0 Å². The van der Waals surface area contributed by atoms with Gasteiger partial charge in [0.15, 0.2) is 0 Å². The van der Waals surface area contributed by atoms with Crippen molar-refractivity contribution in [3.63, 3.8) is 0 Å². The van der Waals surface area contributed by atoms with E-state index in [1.807, 2.05) is 0 Å². The first-order valence-electron chi connectivity index (χ1n) is 24.0. The lowest BCUT2D eigenvalue weighted by molar-refractivity contribution is 0.660. The second-order valence-electron chi connectivity index (χ2n) is 18.9. The molecule has 0 heterocycles. The molecule has 0 amide bonds. The van der Waals surface area contributed by atoms with Gasteiger partial charge in [0.25, 0.3) is 0 Å². The molecule has 13 rings (SSSR count). The normalized spacial score (nSPS) is 12.6. The van der Waals surface area contributed by atoms with Gasteiger partial charge in [-0.05, 0) is 137 Å². The van der Waals surface area contributed by atoms with Crippen molar-refractivity contribution in [3.05, 3.63) is 266 Å². The molecule has 0 aromatic heterocycles. The number of anilines is 6. The van der Waals surface area contributed by atoms with Crippen LogP contribution in [0.4, 0.5) is 34.1 Å². The van der Waals surface area contributed by atoms with Crippen LogP contribution in [0, 0.1) is 0 Å². The third-order valence-corrected chi connectivity index (χ3v) is 14.6. The van der Waals surface area contributed by atoms with Crippen LogP contribution in [0.25, 0.3) is 76.5 Å². The Labute approximate surface area is 403 Å². The van der Waals surface area contributed by atoms with Gasteiger partial charge in [0.1, 0.15) is 0 Å². The fourth-order valence-electron chi connectivity index (χ4n) is 11.2. The van der Waals surface area contributed by atoms with Crippen molar-refractivity contribution in [1.82, 2.24) is 0 Å². The fraction of sp³-hybridized carbons (Fsp3) is 0.0448. The van der Waals surface area contributed by atoms with Crippen LogP contribution in [0.3, 0.4) is 0 Å². The van der Waals surface area contributed by atoms with Crippen molar-refractivity contribution in [3.8, 4) is 33.4 Å². The van der Waals surface area contributed by atoms with E-state index in [0.29, 0.717) is 0 Å². The highest BCUT2D eigenvalue weighted by atomic mass is 15.2. The number of hydrogen-bond acceptors (Lipinski definition) is 2. The number of para-hydroxylation sites is 1. The molecule has 12 aromatic rings. The van der Waals surface area contributed by atoms with Crippen LogP contribution < -0.4 is 9.80 Å². The van der Waals surface area contributed by atoms with E-state index in [4.69, 9.17) is 0 Å². The molecule has 0 radical (unpaired) electrons. The van der Waals surface area contributed by atoms with Gasteiger partial charge in [0, 0.05) is 38.9 Å². The molecule has 12 aromatic carbocycles. The van der Waals surface area contributed by atoms with Crippen LogP contribution in [0.5, 0.6) is 0 Å². The Balaban J connectivity index is 0.930. The Morgan fingerprint density at radius 3 is 1.10 bits per heavy atom. The van der Waals surface area contributed by atoms with Gasteiger partial charge in [-0.3, -0.25) is 0 Å². The zero-order valence-electron chi connectivity index (χ0n) is 38.6. The maximum Gasteiger partial charge on any atom is 0.0546 e. The Morgan fingerprint density at radius 2 is 0.609 bits per heavy atom. The van der Waals surface area contributed by atoms with Crippen molar-refractivity contribution >= 4 is 77.2 Å². The first kappa shape index (κ1) is 40.5. The van der Waals surface area contributed by atoms with Gasteiger partial charge >= 0.3 is 0 Å². The van der Waals surface area contributed by atoms with Crippen molar-refractivity contribution in [2.45, 2.75) is 19.3 Å². The van der Waals surface area contributed by atoms with E-state index in [9.17, 15) is 0 Å². The second-order valence-corrected chi connectivity index (χ2v) is 18.9. The van der Waals surface area contributed by atoms with Gasteiger partial charge in [0.2, 0.25) is 0 Å².